The molecule has 0 aliphatic rings. The molecule has 0 N–H and O–H groups in total. The quantitative estimate of drug-likeness (QED) is 0.414. The Morgan fingerprint density at radius 2 is 1.25 bits per heavy atom. The van der Waals surface area contributed by atoms with Gasteiger partial charge in [0.25, 0.3) is 0 Å². The van der Waals surface area contributed by atoms with Crippen LogP contribution in [0.1, 0.15) is 0 Å². The Morgan fingerprint density at radius 1 is 1.25 bits per heavy atom. The van der Waals surface area contributed by atoms with Crippen molar-refractivity contribution >= 4 is 69.8 Å². The summed E-state index contributed by atoms with van der Waals surface area (Å²) in [4.78, 5) is 0. The zero-order valence-electron chi connectivity index (χ0n) is 2.91. The molecule has 0 saturated carbocycles. The molecule has 0 unspecified atom stereocenters. The zero-order valence-corrected chi connectivity index (χ0v) is 17.2. The SMILES string of the molecule is [SnH3][O][SnH3].[Sn]. The average Bonchev–Trinajstić information content (AvgIpc) is 0.918. The van der Waals surface area contributed by atoms with Gasteiger partial charge in [-0.1, -0.05) is 0 Å². The standard InChI is InChI=1S/O.3Sn.6H. The largest absolute Gasteiger partial charge is 0 e. The Kier molecular flexibility index (Phi) is 21.7. The van der Waals surface area contributed by atoms with E-state index in [2.05, 4.69) is 1.41 Å². The van der Waals surface area contributed by atoms with Gasteiger partial charge >= 0.3 is 47.3 Å². The van der Waals surface area contributed by atoms with E-state index in [0.717, 1.165) is 0 Å². The molecular weight excluding hydrogens is 372 g/mol. The van der Waals surface area contributed by atoms with Crippen LogP contribution in [0, 0.1) is 0 Å². The van der Waals surface area contributed by atoms with Gasteiger partial charge in [-0.25, -0.2) is 0 Å². The van der Waals surface area contributed by atoms with Gasteiger partial charge in [0.1, 0.15) is 0 Å². The van der Waals surface area contributed by atoms with Crippen LogP contribution in [0.25, 0.3) is 0 Å². The Bertz CT molecular complexity index is 3.25. The molecule has 0 aromatic rings. The smallest absolute Gasteiger partial charge is 0 e. The van der Waals surface area contributed by atoms with Gasteiger partial charge in [0.15, 0.2) is 0 Å². The minimum atomic E-state index is 0. The molecule has 0 spiro atoms. The second kappa shape index (κ2) is 9.02. The van der Waals surface area contributed by atoms with E-state index >= 15 is 0 Å². The monoisotopic (exact) mass is 382 g/mol. The summed E-state index contributed by atoms with van der Waals surface area (Å²) in [5.74, 6) is 0. The van der Waals surface area contributed by atoms with Gasteiger partial charge in [-0.3, -0.25) is 0 Å². The molecule has 4 radical (unpaired) electrons. The van der Waals surface area contributed by atoms with Gasteiger partial charge in [0.2, 0.25) is 0 Å². The predicted octanol–water partition coefficient (Wildman–Crippen LogP) is -2.82. The number of hydrogen-bond acceptors (Lipinski definition) is 1. The van der Waals surface area contributed by atoms with E-state index in [9.17, 15) is 0 Å². The minimum absolute atomic E-state index is 0. The summed E-state index contributed by atoms with van der Waals surface area (Å²) in [6, 6.07) is 0. The number of rotatable bonds is 0. The van der Waals surface area contributed by atoms with E-state index in [1.54, 1.807) is 0 Å². The van der Waals surface area contributed by atoms with Crippen molar-refractivity contribution in [3.8, 4) is 0 Å². The summed E-state index contributed by atoms with van der Waals surface area (Å²) in [6.07, 6.45) is 0. The fraction of sp³-hybridized carbons (Fsp3) is 0. The summed E-state index contributed by atoms with van der Waals surface area (Å²) in [7, 11) is 0. The first-order valence-corrected chi connectivity index (χ1v) is 5.48. The first kappa shape index (κ1) is 9.61. The van der Waals surface area contributed by atoms with E-state index in [0.29, 0.717) is 45.9 Å². The maximum Gasteiger partial charge on any atom is 0 e. The zero-order chi connectivity index (χ0) is 2.71. The molecular formula is H6OSn3. The maximum absolute atomic E-state index is 4.67. The van der Waals surface area contributed by atoms with E-state index in [1.807, 2.05) is 0 Å². The molecule has 4 heavy (non-hydrogen) atoms. The predicted molar refractivity (Wildman–Crippen MR) is 26.7 cm³/mol. The van der Waals surface area contributed by atoms with Crippen LogP contribution in [0.4, 0.5) is 0 Å². The summed E-state index contributed by atoms with van der Waals surface area (Å²) < 4.78 is 4.67. The van der Waals surface area contributed by atoms with Crippen LogP contribution in [0.2, 0.25) is 0 Å². The van der Waals surface area contributed by atoms with Crippen molar-refractivity contribution in [2.75, 3.05) is 0 Å². The van der Waals surface area contributed by atoms with Crippen LogP contribution in [-0.4, -0.2) is 69.8 Å². The van der Waals surface area contributed by atoms with Crippen LogP contribution >= 0.6 is 0 Å². The molecule has 24 valence electrons. The molecule has 0 aliphatic heterocycles. The summed E-state index contributed by atoms with van der Waals surface area (Å²) in [5.41, 5.74) is 0. The van der Waals surface area contributed by atoms with Gasteiger partial charge in [-0.15, -0.1) is 0 Å². The molecule has 0 aliphatic carbocycles. The second-order valence-corrected chi connectivity index (χ2v) is 18.4. The number of hydrogen-bond donors (Lipinski definition) is 0. The molecule has 0 rings (SSSR count). The van der Waals surface area contributed by atoms with Crippen LogP contribution in [0.15, 0.2) is 0 Å². The summed E-state index contributed by atoms with van der Waals surface area (Å²) >= 11 is 1.15. The van der Waals surface area contributed by atoms with Gasteiger partial charge in [-0.05, 0) is 0 Å². The van der Waals surface area contributed by atoms with E-state index in [4.69, 9.17) is 0 Å². The average molecular weight is 378 g/mol. The Morgan fingerprint density at radius 3 is 1.25 bits per heavy atom. The van der Waals surface area contributed by atoms with Gasteiger partial charge in [0, 0.05) is 23.9 Å². The normalized spacial score (nSPS) is 6.00. The van der Waals surface area contributed by atoms with Crippen molar-refractivity contribution in [1.29, 1.82) is 0 Å². The third-order valence-electron chi connectivity index (χ3n) is 0. The van der Waals surface area contributed by atoms with Gasteiger partial charge in [0.05, 0.1) is 0 Å². The van der Waals surface area contributed by atoms with Crippen LogP contribution in [0.3, 0.4) is 0 Å². The van der Waals surface area contributed by atoms with Crippen molar-refractivity contribution in [2.24, 2.45) is 0 Å². The minimum Gasteiger partial charge on any atom is 0 e. The Hall–Kier alpha value is 2.36. The van der Waals surface area contributed by atoms with Crippen molar-refractivity contribution in [1.82, 2.24) is 0 Å². The van der Waals surface area contributed by atoms with Crippen molar-refractivity contribution < 1.29 is 1.41 Å². The molecule has 0 fully saturated rings. The van der Waals surface area contributed by atoms with E-state index in [-0.39, 0.29) is 23.9 Å². The first-order chi connectivity index (χ1) is 1.41. The van der Waals surface area contributed by atoms with Crippen molar-refractivity contribution in [2.45, 2.75) is 0 Å². The molecule has 0 heterocycles. The van der Waals surface area contributed by atoms with Gasteiger partial charge < -0.3 is 0 Å². The maximum atomic E-state index is 4.67. The summed E-state index contributed by atoms with van der Waals surface area (Å²) in [5, 5.41) is 0. The molecule has 0 aromatic carbocycles. The Labute approximate surface area is 70.1 Å². The second-order valence-electron chi connectivity index (χ2n) is 0.408. The van der Waals surface area contributed by atoms with Crippen molar-refractivity contribution in [3.63, 3.8) is 0 Å². The fourth-order valence-corrected chi connectivity index (χ4v) is 0. The van der Waals surface area contributed by atoms with Crippen molar-refractivity contribution in [3.05, 3.63) is 0 Å². The summed E-state index contributed by atoms with van der Waals surface area (Å²) in [6.45, 7) is 0. The molecule has 0 aromatic heterocycles. The molecule has 0 amide bonds. The van der Waals surface area contributed by atoms with Crippen LogP contribution in [0.5, 0.6) is 0 Å². The molecule has 0 atom stereocenters. The fourth-order valence-electron chi connectivity index (χ4n) is 0. The van der Waals surface area contributed by atoms with Gasteiger partial charge in [-0.2, -0.15) is 0 Å². The van der Waals surface area contributed by atoms with E-state index < -0.39 is 0 Å². The molecule has 1 nitrogen and oxygen atoms in total. The third-order valence-corrected chi connectivity index (χ3v) is 0. The molecule has 0 bridgehead atoms. The topological polar surface area (TPSA) is 9.23 Å². The molecule has 0 saturated heterocycles. The van der Waals surface area contributed by atoms with Crippen LogP contribution < -0.4 is 0 Å². The Balaban J connectivity index is 0. The van der Waals surface area contributed by atoms with E-state index in [1.165, 1.54) is 0 Å². The first-order valence-electron chi connectivity index (χ1n) is 0.816. The molecule has 4 heteroatoms. The third kappa shape index (κ3) is 8.84. The van der Waals surface area contributed by atoms with Crippen LogP contribution in [-0.2, 0) is 1.41 Å².